The van der Waals surface area contributed by atoms with Crippen molar-refractivity contribution in [2.24, 2.45) is 0 Å². The average Bonchev–Trinajstić information content (AvgIpc) is 1.96. The number of hydrogen-bond donors (Lipinski definition) is 1. The smallest absolute Gasteiger partial charge is 0.292 e. The number of halogens is 2. The van der Waals surface area contributed by atoms with Gasteiger partial charge in [0.1, 0.15) is 10.8 Å². The maximum absolute atomic E-state index is 12.5. The Labute approximate surface area is 71.9 Å². The minimum absolute atomic E-state index is 0.136. The van der Waals surface area contributed by atoms with Gasteiger partial charge in [0.25, 0.3) is 5.69 Å². The highest BCUT2D eigenvalue weighted by molar-refractivity contribution is 6.35. The molecular weight excluding hydrogens is 187 g/mol. The SMILES string of the molecule is Nc1cc(F)cc([N+](=O)[O-])c1Cl. The zero-order valence-corrected chi connectivity index (χ0v) is 6.51. The molecule has 0 spiro atoms. The molecule has 1 aromatic rings. The van der Waals surface area contributed by atoms with Gasteiger partial charge in [-0.3, -0.25) is 10.1 Å². The molecule has 1 rings (SSSR count). The highest BCUT2D eigenvalue weighted by Crippen LogP contribution is 2.30. The van der Waals surface area contributed by atoms with E-state index in [1.54, 1.807) is 0 Å². The van der Waals surface area contributed by atoms with E-state index in [1.807, 2.05) is 0 Å². The Bertz CT molecular complexity index is 343. The minimum atomic E-state index is -0.790. The summed E-state index contributed by atoms with van der Waals surface area (Å²) in [6, 6.07) is 1.65. The summed E-state index contributed by atoms with van der Waals surface area (Å²) >= 11 is 5.43. The molecular formula is C6H4ClFN2O2. The van der Waals surface area contributed by atoms with Gasteiger partial charge in [0, 0.05) is 0 Å². The van der Waals surface area contributed by atoms with Crippen molar-refractivity contribution < 1.29 is 9.31 Å². The fourth-order valence-corrected chi connectivity index (χ4v) is 0.906. The van der Waals surface area contributed by atoms with E-state index >= 15 is 0 Å². The van der Waals surface area contributed by atoms with E-state index in [9.17, 15) is 14.5 Å². The molecule has 0 unspecified atom stereocenters. The number of nitro benzene ring substituents is 1. The molecule has 0 atom stereocenters. The number of nitro groups is 1. The largest absolute Gasteiger partial charge is 0.397 e. The molecule has 6 heteroatoms. The zero-order chi connectivity index (χ0) is 9.30. The lowest BCUT2D eigenvalue weighted by molar-refractivity contribution is -0.384. The van der Waals surface area contributed by atoms with Crippen LogP contribution in [-0.2, 0) is 0 Å². The molecule has 4 nitrogen and oxygen atoms in total. The van der Waals surface area contributed by atoms with Gasteiger partial charge in [-0.1, -0.05) is 11.6 Å². The Balaban J connectivity index is 3.37. The summed E-state index contributed by atoms with van der Waals surface area (Å²) in [6.45, 7) is 0. The number of rotatable bonds is 1. The molecule has 0 amide bonds. The van der Waals surface area contributed by atoms with Gasteiger partial charge < -0.3 is 5.73 Å². The molecule has 0 saturated carbocycles. The van der Waals surface area contributed by atoms with Crippen molar-refractivity contribution in [1.82, 2.24) is 0 Å². The lowest BCUT2D eigenvalue weighted by Crippen LogP contribution is -1.95. The van der Waals surface area contributed by atoms with E-state index < -0.39 is 16.4 Å². The summed E-state index contributed by atoms with van der Waals surface area (Å²) in [4.78, 5) is 9.44. The monoisotopic (exact) mass is 190 g/mol. The summed E-state index contributed by atoms with van der Waals surface area (Å²) < 4.78 is 12.5. The van der Waals surface area contributed by atoms with Crippen molar-refractivity contribution in [3.05, 3.63) is 33.1 Å². The van der Waals surface area contributed by atoms with Crippen LogP contribution in [0.2, 0.25) is 5.02 Å². The van der Waals surface area contributed by atoms with Crippen LogP contribution in [0.1, 0.15) is 0 Å². The van der Waals surface area contributed by atoms with Gasteiger partial charge in [-0.2, -0.15) is 0 Å². The highest BCUT2D eigenvalue weighted by atomic mass is 35.5. The van der Waals surface area contributed by atoms with Crippen molar-refractivity contribution >= 4 is 23.0 Å². The van der Waals surface area contributed by atoms with E-state index in [4.69, 9.17) is 17.3 Å². The number of hydrogen-bond acceptors (Lipinski definition) is 3. The van der Waals surface area contributed by atoms with Crippen LogP contribution in [0.5, 0.6) is 0 Å². The predicted octanol–water partition coefficient (Wildman–Crippen LogP) is 1.97. The molecule has 0 bridgehead atoms. The molecule has 0 aliphatic carbocycles. The highest BCUT2D eigenvalue weighted by Gasteiger charge is 2.16. The lowest BCUT2D eigenvalue weighted by atomic mass is 10.3. The second kappa shape index (κ2) is 2.94. The molecule has 12 heavy (non-hydrogen) atoms. The molecule has 64 valence electrons. The van der Waals surface area contributed by atoms with Crippen molar-refractivity contribution in [2.45, 2.75) is 0 Å². The molecule has 0 radical (unpaired) electrons. The molecule has 0 fully saturated rings. The molecule has 0 aliphatic rings. The van der Waals surface area contributed by atoms with Crippen molar-refractivity contribution in [1.29, 1.82) is 0 Å². The van der Waals surface area contributed by atoms with E-state index in [-0.39, 0.29) is 10.7 Å². The van der Waals surface area contributed by atoms with Crippen LogP contribution in [0.15, 0.2) is 12.1 Å². The zero-order valence-electron chi connectivity index (χ0n) is 5.75. The average molecular weight is 191 g/mol. The van der Waals surface area contributed by atoms with Crippen LogP contribution in [0.4, 0.5) is 15.8 Å². The molecule has 2 N–H and O–H groups in total. The van der Waals surface area contributed by atoms with E-state index in [0.29, 0.717) is 0 Å². The van der Waals surface area contributed by atoms with Gasteiger partial charge in [0.05, 0.1) is 16.7 Å². The predicted molar refractivity (Wildman–Crippen MR) is 42.5 cm³/mol. The molecule has 0 aromatic heterocycles. The van der Waals surface area contributed by atoms with Crippen molar-refractivity contribution in [3.8, 4) is 0 Å². The van der Waals surface area contributed by atoms with Crippen LogP contribution in [-0.4, -0.2) is 4.92 Å². The summed E-state index contributed by atoms with van der Waals surface area (Å²) in [6.07, 6.45) is 0. The molecule has 1 aromatic carbocycles. The first-order valence-electron chi connectivity index (χ1n) is 2.91. The third-order valence-electron chi connectivity index (χ3n) is 1.24. The molecule has 0 saturated heterocycles. The number of nitrogens with zero attached hydrogens (tertiary/aromatic N) is 1. The maximum atomic E-state index is 12.5. The molecule has 0 heterocycles. The van der Waals surface area contributed by atoms with Gasteiger partial charge in [0.15, 0.2) is 0 Å². The molecule has 0 aliphatic heterocycles. The van der Waals surface area contributed by atoms with Gasteiger partial charge in [-0.25, -0.2) is 4.39 Å². The van der Waals surface area contributed by atoms with E-state index in [1.165, 1.54) is 0 Å². The van der Waals surface area contributed by atoms with Crippen LogP contribution in [0, 0.1) is 15.9 Å². The topological polar surface area (TPSA) is 69.2 Å². The second-order valence-corrected chi connectivity index (χ2v) is 2.46. The van der Waals surface area contributed by atoms with Crippen LogP contribution >= 0.6 is 11.6 Å². The lowest BCUT2D eigenvalue weighted by Gasteiger charge is -1.98. The standard InChI is InChI=1S/C6H4ClFN2O2/c7-6-4(9)1-3(8)2-5(6)10(11)12/h1-2H,9H2. The van der Waals surface area contributed by atoms with Crippen LogP contribution in [0.25, 0.3) is 0 Å². The summed E-state index contributed by atoms with van der Waals surface area (Å²) in [7, 11) is 0. The third kappa shape index (κ3) is 1.45. The van der Waals surface area contributed by atoms with E-state index in [0.717, 1.165) is 12.1 Å². The summed E-state index contributed by atoms with van der Waals surface area (Å²) in [5.41, 5.74) is 4.53. The quantitative estimate of drug-likeness (QED) is 0.418. The van der Waals surface area contributed by atoms with Gasteiger partial charge in [0.2, 0.25) is 0 Å². The minimum Gasteiger partial charge on any atom is -0.397 e. The fraction of sp³-hybridized carbons (Fsp3) is 0. The second-order valence-electron chi connectivity index (χ2n) is 2.09. The van der Waals surface area contributed by atoms with Crippen LogP contribution in [0.3, 0.4) is 0 Å². The Morgan fingerprint density at radius 1 is 1.58 bits per heavy atom. The number of nitrogen functional groups attached to an aromatic ring is 1. The summed E-state index contributed by atoms with van der Waals surface area (Å²) in [5, 5.41) is 9.99. The first-order chi connectivity index (χ1) is 5.52. The maximum Gasteiger partial charge on any atom is 0.292 e. The Kier molecular flexibility index (Phi) is 2.14. The number of anilines is 1. The van der Waals surface area contributed by atoms with Gasteiger partial charge in [-0.15, -0.1) is 0 Å². The normalized spacial score (nSPS) is 9.83. The van der Waals surface area contributed by atoms with E-state index in [2.05, 4.69) is 0 Å². The van der Waals surface area contributed by atoms with Crippen LogP contribution < -0.4 is 5.73 Å². The van der Waals surface area contributed by atoms with Crippen molar-refractivity contribution in [3.63, 3.8) is 0 Å². The fourth-order valence-electron chi connectivity index (χ4n) is 0.728. The van der Waals surface area contributed by atoms with Gasteiger partial charge >= 0.3 is 0 Å². The third-order valence-corrected chi connectivity index (χ3v) is 1.65. The Morgan fingerprint density at radius 2 is 2.17 bits per heavy atom. The Morgan fingerprint density at radius 3 is 2.67 bits per heavy atom. The first kappa shape index (κ1) is 8.73. The van der Waals surface area contributed by atoms with Crippen molar-refractivity contribution in [2.75, 3.05) is 5.73 Å². The first-order valence-corrected chi connectivity index (χ1v) is 3.29. The number of nitrogens with two attached hydrogens (primary N) is 1. The number of benzene rings is 1. The Hall–Kier alpha value is -1.36. The van der Waals surface area contributed by atoms with Gasteiger partial charge in [-0.05, 0) is 6.07 Å². The summed E-state index contributed by atoms with van der Waals surface area (Å²) in [5.74, 6) is -0.774.